The van der Waals surface area contributed by atoms with E-state index in [1.807, 2.05) is 27.7 Å². The van der Waals surface area contributed by atoms with Crippen LogP contribution in [0.4, 0.5) is 0 Å². The Morgan fingerprint density at radius 3 is 1.21 bits per heavy atom. The third kappa shape index (κ3) is 8.08. The fourth-order valence-electron chi connectivity index (χ4n) is 3.56. The van der Waals surface area contributed by atoms with Crippen LogP contribution in [0.2, 0.25) is 0 Å². The number of carbonyl (C=O) groups excluding carboxylic acids is 2. The molecular weight excluding hydrogens is 375 g/mol. The Labute approximate surface area is 173 Å². The van der Waals surface area contributed by atoms with E-state index < -0.39 is 19.5 Å². The molecule has 6 heteroatoms. The van der Waals surface area contributed by atoms with Crippen LogP contribution in [0.15, 0.2) is 0 Å². The number of hydrogen-bond acceptors (Lipinski definition) is 5. The molecule has 0 aromatic rings. The third-order valence-electron chi connectivity index (χ3n) is 5.87. The zero-order chi connectivity index (χ0) is 21.6. The predicted molar refractivity (Wildman–Crippen MR) is 116 cm³/mol. The average Bonchev–Trinajstić information content (AvgIpc) is 2.70. The Kier molecular flexibility index (Phi) is 14.2. The van der Waals surface area contributed by atoms with Crippen LogP contribution in [0.5, 0.6) is 0 Å². The molecular formula is C22H43O5P. The highest BCUT2D eigenvalue weighted by Crippen LogP contribution is 2.43. The maximum Gasteiger partial charge on any atom is 0.321 e. The van der Waals surface area contributed by atoms with Crippen molar-refractivity contribution in [2.45, 2.75) is 130 Å². The van der Waals surface area contributed by atoms with E-state index in [1.54, 1.807) is 0 Å². The van der Waals surface area contributed by atoms with Crippen molar-refractivity contribution in [3.05, 3.63) is 0 Å². The topological polar surface area (TPSA) is 69.7 Å². The van der Waals surface area contributed by atoms with Crippen LogP contribution < -0.4 is 0 Å². The maximum absolute atomic E-state index is 12.8. The number of Topliss-reactive ketones (excluding diaryl/α,β-unsaturated/α-hetero) is 2. The summed E-state index contributed by atoms with van der Waals surface area (Å²) in [6.07, 6.45) is 8.31. The van der Waals surface area contributed by atoms with Crippen LogP contribution in [0.3, 0.4) is 0 Å². The minimum atomic E-state index is -2.99. The Hall–Kier alpha value is -0.510. The number of ketones is 2. The predicted octanol–water partition coefficient (Wildman–Crippen LogP) is 6.83. The summed E-state index contributed by atoms with van der Waals surface area (Å²) in [5, 5.41) is 0. The second kappa shape index (κ2) is 14.5. The lowest BCUT2D eigenvalue weighted by Crippen LogP contribution is -2.41. The van der Waals surface area contributed by atoms with Crippen LogP contribution in [0, 0.1) is 0 Å². The van der Waals surface area contributed by atoms with Crippen molar-refractivity contribution >= 4 is 19.8 Å². The molecule has 0 rings (SSSR count). The summed E-state index contributed by atoms with van der Waals surface area (Å²) < 4.78 is 24.4. The van der Waals surface area contributed by atoms with E-state index >= 15 is 0 Å². The molecule has 0 aromatic carbocycles. The smallest absolute Gasteiger partial charge is 0.296 e. The summed E-state index contributed by atoms with van der Waals surface area (Å²) in [4.78, 5) is 25.6. The molecule has 0 heterocycles. The van der Waals surface area contributed by atoms with Gasteiger partial charge in [0.2, 0.25) is 0 Å². The molecule has 166 valence electrons. The normalized spacial score (nSPS) is 12.5. The highest BCUT2D eigenvalue weighted by Gasteiger charge is 2.41. The van der Waals surface area contributed by atoms with Gasteiger partial charge in [-0.05, 0) is 38.5 Å². The first-order valence-corrected chi connectivity index (χ1v) is 12.5. The van der Waals surface area contributed by atoms with Crippen molar-refractivity contribution in [3.63, 3.8) is 0 Å². The molecule has 0 saturated heterocycles. The zero-order valence-corrected chi connectivity index (χ0v) is 20.0. The van der Waals surface area contributed by atoms with E-state index in [4.69, 9.17) is 9.05 Å². The Morgan fingerprint density at radius 1 is 0.643 bits per heavy atom. The standard InChI is InChI=1S/C22H43O5P/c1-7-13-15-17-19(23)21(9-3,10-4)26-28(25)27-22(11-5,12-6)20(24)18-16-14-8-2/h28H,7-18H2,1-6H3. The maximum atomic E-state index is 12.8. The van der Waals surface area contributed by atoms with E-state index in [0.717, 1.165) is 38.5 Å². The second-order valence-electron chi connectivity index (χ2n) is 7.62. The lowest BCUT2D eigenvalue weighted by molar-refractivity contribution is -0.139. The highest BCUT2D eigenvalue weighted by molar-refractivity contribution is 7.33. The summed E-state index contributed by atoms with van der Waals surface area (Å²) in [6.45, 7) is 11.7. The minimum absolute atomic E-state index is 0.0132. The molecule has 28 heavy (non-hydrogen) atoms. The molecule has 0 saturated carbocycles. The minimum Gasteiger partial charge on any atom is -0.296 e. The van der Waals surface area contributed by atoms with Gasteiger partial charge in [-0.15, -0.1) is 0 Å². The first-order valence-electron chi connectivity index (χ1n) is 11.3. The number of hydrogen-bond donors (Lipinski definition) is 0. The average molecular weight is 419 g/mol. The molecule has 0 aromatic heterocycles. The molecule has 0 aliphatic rings. The lowest BCUT2D eigenvalue weighted by Gasteiger charge is -2.34. The molecule has 0 bridgehead atoms. The van der Waals surface area contributed by atoms with Crippen molar-refractivity contribution in [2.75, 3.05) is 0 Å². The van der Waals surface area contributed by atoms with Crippen LogP contribution in [0.1, 0.15) is 119 Å². The number of rotatable bonds is 18. The third-order valence-corrected chi connectivity index (χ3v) is 6.99. The van der Waals surface area contributed by atoms with Crippen LogP contribution >= 0.6 is 8.25 Å². The molecule has 0 aliphatic heterocycles. The zero-order valence-electron chi connectivity index (χ0n) is 19.0. The first kappa shape index (κ1) is 27.5. The van der Waals surface area contributed by atoms with Crippen molar-refractivity contribution in [1.82, 2.24) is 0 Å². The summed E-state index contributed by atoms with van der Waals surface area (Å²) in [6, 6.07) is 0. The van der Waals surface area contributed by atoms with Gasteiger partial charge in [-0.1, -0.05) is 67.2 Å². The van der Waals surface area contributed by atoms with Crippen LogP contribution in [0.25, 0.3) is 0 Å². The molecule has 0 N–H and O–H groups in total. The van der Waals surface area contributed by atoms with Crippen LogP contribution in [-0.4, -0.2) is 22.8 Å². The molecule has 0 fully saturated rings. The lowest BCUT2D eigenvalue weighted by atomic mass is 9.89. The second-order valence-corrected chi connectivity index (χ2v) is 8.53. The molecule has 5 nitrogen and oxygen atoms in total. The van der Waals surface area contributed by atoms with Gasteiger partial charge in [0.25, 0.3) is 0 Å². The van der Waals surface area contributed by atoms with Crippen LogP contribution in [-0.2, 0) is 23.2 Å². The van der Waals surface area contributed by atoms with Gasteiger partial charge in [-0.25, -0.2) is 0 Å². The Morgan fingerprint density at radius 2 is 0.964 bits per heavy atom. The highest BCUT2D eigenvalue weighted by atomic mass is 31.1. The van der Waals surface area contributed by atoms with Gasteiger partial charge in [0, 0.05) is 12.8 Å². The summed E-state index contributed by atoms with van der Waals surface area (Å²) >= 11 is 0. The van der Waals surface area contributed by atoms with Crippen molar-refractivity contribution in [2.24, 2.45) is 0 Å². The SMILES string of the molecule is CCCCCC(=O)C(CC)(CC)O[PH](=O)OC(CC)(CC)C(=O)CCCCC. The molecule has 0 amide bonds. The number of unbranched alkanes of at least 4 members (excludes halogenated alkanes) is 4. The van der Waals surface area contributed by atoms with E-state index in [9.17, 15) is 14.2 Å². The van der Waals surface area contributed by atoms with Crippen molar-refractivity contribution in [3.8, 4) is 0 Å². The van der Waals surface area contributed by atoms with Gasteiger partial charge in [0.15, 0.2) is 11.6 Å². The summed E-state index contributed by atoms with van der Waals surface area (Å²) in [7, 11) is -2.99. The fraction of sp³-hybridized carbons (Fsp3) is 0.909. The van der Waals surface area contributed by atoms with E-state index in [1.165, 1.54) is 0 Å². The van der Waals surface area contributed by atoms with Gasteiger partial charge in [0.1, 0.15) is 11.2 Å². The van der Waals surface area contributed by atoms with Crippen molar-refractivity contribution < 1.29 is 23.2 Å². The molecule has 0 atom stereocenters. The Bertz CT molecular complexity index is 439. The Balaban J connectivity index is 5.22. The van der Waals surface area contributed by atoms with Gasteiger partial charge in [-0.3, -0.25) is 23.2 Å². The molecule has 0 aliphatic carbocycles. The molecule has 0 unspecified atom stereocenters. The van der Waals surface area contributed by atoms with E-state index in [-0.39, 0.29) is 11.6 Å². The van der Waals surface area contributed by atoms with E-state index in [2.05, 4.69) is 13.8 Å². The number of carbonyl (C=O) groups is 2. The molecule has 0 spiro atoms. The van der Waals surface area contributed by atoms with Gasteiger partial charge in [0.05, 0.1) is 0 Å². The monoisotopic (exact) mass is 418 g/mol. The first-order chi connectivity index (χ1) is 13.3. The largest absolute Gasteiger partial charge is 0.321 e. The van der Waals surface area contributed by atoms with Gasteiger partial charge >= 0.3 is 8.25 Å². The molecule has 0 radical (unpaired) electrons. The van der Waals surface area contributed by atoms with Gasteiger partial charge in [-0.2, -0.15) is 0 Å². The van der Waals surface area contributed by atoms with Crippen molar-refractivity contribution in [1.29, 1.82) is 0 Å². The quantitative estimate of drug-likeness (QED) is 0.180. The summed E-state index contributed by atoms with van der Waals surface area (Å²) in [5.74, 6) is -0.0264. The summed E-state index contributed by atoms with van der Waals surface area (Å²) in [5.41, 5.74) is -2.16. The van der Waals surface area contributed by atoms with Gasteiger partial charge < -0.3 is 0 Å². The fourth-order valence-corrected chi connectivity index (χ4v) is 5.04. The van der Waals surface area contributed by atoms with E-state index in [0.29, 0.717) is 38.5 Å².